The summed E-state index contributed by atoms with van der Waals surface area (Å²) < 4.78 is 5.66. The van der Waals surface area contributed by atoms with Gasteiger partial charge in [0.05, 0.1) is 12.8 Å². The second-order valence-corrected chi connectivity index (χ2v) is 4.72. The SMILES string of the molecule is c1ccc(OCCCNc2nncc3ccccc23)cc1. The molecule has 0 aliphatic carbocycles. The first kappa shape index (κ1) is 13.4. The first-order chi connectivity index (χ1) is 10.4. The molecule has 0 unspecified atom stereocenters. The first-order valence-electron chi connectivity index (χ1n) is 7.05. The summed E-state index contributed by atoms with van der Waals surface area (Å²) in [5, 5.41) is 13.7. The fourth-order valence-electron chi connectivity index (χ4n) is 2.14. The number of hydrogen-bond donors (Lipinski definition) is 1. The van der Waals surface area contributed by atoms with Gasteiger partial charge in [0.1, 0.15) is 5.75 Å². The number of para-hydroxylation sites is 1. The standard InChI is InChI=1S/C17H17N3O/c1-2-8-15(9-3-1)21-12-6-11-18-17-16-10-5-4-7-14(16)13-19-20-17/h1-5,7-10,13H,6,11-12H2,(H,18,20). The molecule has 0 amide bonds. The summed E-state index contributed by atoms with van der Waals surface area (Å²) in [7, 11) is 0. The van der Waals surface area contributed by atoms with Crippen LogP contribution in [-0.4, -0.2) is 23.3 Å². The Labute approximate surface area is 123 Å². The summed E-state index contributed by atoms with van der Waals surface area (Å²) in [5.41, 5.74) is 0. The van der Waals surface area contributed by atoms with Crippen LogP contribution in [0.15, 0.2) is 60.8 Å². The Morgan fingerprint density at radius 1 is 0.952 bits per heavy atom. The van der Waals surface area contributed by atoms with Crippen molar-refractivity contribution >= 4 is 16.6 Å². The molecule has 21 heavy (non-hydrogen) atoms. The molecule has 1 heterocycles. The molecule has 0 fully saturated rings. The van der Waals surface area contributed by atoms with Crippen LogP contribution >= 0.6 is 0 Å². The molecule has 4 heteroatoms. The summed E-state index contributed by atoms with van der Waals surface area (Å²) in [6.07, 6.45) is 2.68. The lowest BCUT2D eigenvalue weighted by atomic mass is 10.2. The molecular formula is C17H17N3O. The Morgan fingerprint density at radius 2 is 1.76 bits per heavy atom. The highest BCUT2D eigenvalue weighted by Crippen LogP contribution is 2.19. The van der Waals surface area contributed by atoms with E-state index in [0.717, 1.165) is 35.3 Å². The summed E-state index contributed by atoms with van der Waals surface area (Å²) in [4.78, 5) is 0. The van der Waals surface area contributed by atoms with E-state index in [1.54, 1.807) is 6.20 Å². The first-order valence-corrected chi connectivity index (χ1v) is 7.05. The fraction of sp³-hybridized carbons (Fsp3) is 0.176. The molecule has 0 spiro atoms. The van der Waals surface area contributed by atoms with Crippen LogP contribution in [0.2, 0.25) is 0 Å². The number of aromatic nitrogens is 2. The van der Waals surface area contributed by atoms with Gasteiger partial charge in [-0.1, -0.05) is 42.5 Å². The molecule has 2 aromatic carbocycles. The number of nitrogens with zero attached hydrogens (tertiary/aromatic N) is 2. The zero-order chi connectivity index (χ0) is 14.3. The van der Waals surface area contributed by atoms with Crippen LogP contribution in [0, 0.1) is 0 Å². The van der Waals surface area contributed by atoms with Gasteiger partial charge in [-0.2, -0.15) is 5.10 Å². The summed E-state index contributed by atoms with van der Waals surface area (Å²) in [6, 6.07) is 17.9. The highest BCUT2D eigenvalue weighted by molar-refractivity contribution is 5.90. The van der Waals surface area contributed by atoms with Crippen molar-refractivity contribution in [2.45, 2.75) is 6.42 Å². The van der Waals surface area contributed by atoms with Crippen molar-refractivity contribution in [3.63, 3.8) is 0 Å². The van der Waals surface area contributed by atoms with E-state index in [1.165, 1.54) is 0 Å². The quantitative estimate of drug-likeness (QED) is 0.701. The number of fused-ring (bicyclic) bond motifs is 1. The van der Waals surface area contributed by atoms with Gasteiger partial charge >= 0.3 is 0 Å². The third kappa shape index (κ3) is 3.48. The van der Waals surface area contributed by atoms with Gasteiger partial charge in [-0.25, -0.2) is 0 Å². The van der Waals surface area contributed by atoms with E-state index in [1.807, 2.05) is 54.6 Å². The third-order valence-corrected chi connectivity index (χ3v) is 3.20. The minimum atomic E-state index is 0.676. The smallest absolute Gasteiger partial charge is 0.156 e. The average Bonchev–Trinajstić information content (AvgIpc) is 2.56. The highest BCUT2D eigenvalue weighted by Gasteiger charge is 2.01. The number of benzene rings is 2. The van der Waals surface area contributed by atoms with Gasteiger partial charge in [0.25, 0.3) is 0 Å². The lowest BCUT2D eigenvalue weighted by molar-refractivity contribution is 0.315. The minimum Gasteiger partial charge on any atom is -0.494 e. The lowest BCUT2D eigenvalue weighted by Crippen LogP contribution is -2.09. The Morgan fingerprint density at radius 3 is 2.67 bits per heavy atom. The summed E-state index contributed by atoms with van der Waals surface area (Å²) >= 11 is 0. The molecule has 1 aromatic heterocycles. The van der Waals surface area contributed by atoms with Crippen molar-refractivity contribution < 1.29 is 4.74 Å². The van der Waals surface area contributed by atoms with Gasteiger partial charge in [-0.05, 0) is 18.6 Å². The van der Waals surface area contributed by atoms with E-state index in [-0.39, 0.29) is 0 Å². The van der Waals surface area contributed by atoms with Gasteiger partial charge in [0.2, 0.25) is 0 Å². The van der Waals surface area contributed by atoms with Crippen molar-refractivity contribution in [2.24, 2.45) is 0 Å². The summed E-state index contributed by atoms with van der Waals surface area (Å²) in [6.45, 7) is 1.48. The average molecular weight is 279 g/mol. The fourth-order valence-corrected chi connectivity index (χ4v) is 2.14. The predicted molar refractivity (Wildman–Crippen MR) is 84.6 cm³/mol. The van der Waals surface area contributed by atoms with Gasteiger partial charge in [0.15, 0.2) is 5.82 Å². The molecule has 4 nitrogen and oxygen atoms in total. The second kappa shape index (κ2) is 6.70. The van der Waals surface area contributed by atoms with E-state index < -0.39 is 0 Å². The molecule has 3 rings (SSSR count). The van der Waals surface area contributed by atoms with Crippen LogP contribution in [0.5, 0.6) is 5.75 Å². The Kier molecular flexibility index (Phi) is 4.27. The van der Waals surface area contributed by atoms with Crippen molar-refractivity contribution in [3.8, 4) is 5.75 Å². The maximum Gasteiger partial charge on any atom is 0.156 e. The molecule has 3 aromatic rings. The Hall–Kier alpha value is -2.62. The van der Waals surface area contributed by atoms with Gasteiger partial charge < -0.3 is 10.1 Å². The largest absolute Gasteiger partial charge is 0.494 e. The van der Waals surface area contributed by atoms with E-state index in [9.17, 15) is 0 Å². The Balaban J connectivity index is 1.51. The molecule has 0 radical (unpaired) electrons. The van der Waals surface area contributed by atoms with Crippen molar-refractivity contribution in [3.05, 3.63) is 60.8 Å². The van der Waals surface area contributed by atoms with Crippen molar-refractivity contribution in [2.75, 3.05) is 18.5 Å². The van der Waals surface area contributed by atoms with Crippen LogP contribution in [-0.2, 0) is 0 Å². The van der Waals surface area contributed by atoms with Crippen LogP contribution in [0.3, 0.4) is 0 Å². The molecule has 0 aliphatic rings. The third-order valence-electron chi connectivity index (χ3n) is 3.20. The topological polar surface area (TPSA) is 47.0 Å². The van der Waals surface area contributed by atoms with Crippen molar-refractivity contribution in [1.82, 2.24) is 10.2 Å². The number of rotatable bonds is 6. The highest BCUT2D eigenvalue weighted by atomic mass is 16.5. The van der Waals surface area contributed by atoms with Gasteiger partial charge in [0, 0.05) is 17.3 Å². The van der Waals surface area contributed by atoms with Crippen LogP contribution in [0.25, 0.3) is 10.8 Å². The van der Waals surface area contributed by atoms with E-state index >= 15 is 0 Å². The predicted octanol–water partition coefficient (Wildman–Crippen LogP) is 3.51. The van der Waals surface area contributed by atoms with E-state index in [2.05, 4.69) is 15.5 Å². The van der Waals surface area contributed by atoms with Crippen LogP contribution < -0.4 is 10.1 Å². The molecule has 0 bridgehead atoms. The number of hydrogen-bond acceptors (Lipinski definition) is 4. The molecule has 1 N–H and O–H groups in total. The minimum absolute atomic E-state index is 0.676. The molecule has 0 atom stereocenters. The second-order valence-electron chi connectivity index (χ2n) is 4.72. The molecular weight excluding hydrogens is 262 g/mol. The van der Waals surface area contributed by atoms with Crippen LogP contribution in [0.4, 0.5) is 5.82 Å². The molecule has 0 saturated carbocycles. The number of anilines is 1. The Bertz CT molecular complexity index is 695. The van der Waals surface area contributed by atoms with Crippen molar-refractivity contribution in [1.29, 1.82) is 0 Å². The zero-order valence-electron chi connectivity index (χ0n) is 11.7. The van der Waals surface area contributed by atoms with E-state index in [0.29, 0.717) is 6.61 Å². The normalized spacial score (nSPS) is 10.5. The number of nitrogens with one attached hydrogen (secondary N) is 1. The number of ether oxygens (including phenoxy) is 1. The van der Waals surface area contributed by atoms with Crippen LogP contribution in [0.1, 0.15) is 6.42 Å². The molecule has 0 saturated heterocycles. The molecule has 0 aliphatic heterocycles. The maximum atomic E-state index is 5.66. The maximum absolute atomic E-state index is 5.66. The van der Waals surface area contributed by atoms with E-state index in [4.69, 9.17) is 4.74 Å². The lowest BCUT2D eigenvalue weighted by Gasteiger charge is -2.08. The summed E-state index contributed by atoms with van der Waals surface area (Å²) in [5.74, 6) is 1.73. The zero-order valence-corrected chi connectivity index (χ0v) is 11.7. The monoisotopic (exact) mass is 279 g/mol. The van der Waals surface area contributed by atoms with Gasteiger partial charge in [-0.15, -0.1) is 5.10 Å². The molecule has 106 valence electrons. The van der Waals surface area contributed by atoms with Gasteiger partial charge in [-0.3, -0.25) is 0 Å².